The molecular weight excluding hydrogens is 182 g/mol. The molecule has 1 atom stereocenters. The SMILES string of the molecule is Cl.O=c1[nH]nc([C@H]2CCCN2)o1. The van der Waals surface area contributed by atoms with Crippen molar-refractivity contribution in [3.63, 3.8) is 0 Å². The molecular formula is C6H10ClN3O2. The molecule has 2 N–H and O–H groups in total. The van der Waals surface area contributed by atoms with Crippen LogP contribution in [0.25, 0.3) is 0 Å². The number of nitrogens with one attached hydrogen (secondary N) is 2. The van der Waals surface area contributed by atoms with Gasteiger partial charge in [0.15, 0.2) is 0 Å². The minimum absolute atomic E-state index is 0. The lowest BCUT2D eigenvalue weighted by Crippen LogP contribution is -2.13. The molecule has 12 heavy (non-hydrogen) atoms. The second kappa shape index (κ2) is 3.73. The van der Waals surface area contributed by atoms with Crippen LogP contribution in [0, 0.1) is 0 Å². The van der Waals surface area contributed by atoms with E-state index in [1.807, 2.05) is 0 Å². The Bertz CT molecular complexity index is 289. The van der Waals surface area contributed by atoms with Crippen LogP contribution in [0.1, 0.15) is 24.8 Å². The predicted molar refractivity (Wildman–Crippen MR) is 44.3 cm³/mol. The van der Waals surface area contributed by atoms with Gasteiger partial charge in [0.25, 0.3) is 0 Å². The van der Waals surface area contributed by atoms with E-state index in [0.29, 0.717) is 5.89 Å². The average molecular weight is 192 g/mol. The van der Waals surface area contributed by atoms with Crippen LogP contribution in [-0.4, -0.2) is 16.7 Å². The van der Waals surface area contributed by atoms with E-state index in [4.69, 9.17) is 4.42 Å². The first-order valence-electron chi connectivity index (χ1n) is 3.65. The van der Waals surface area contributed by atoms with E-state index in [9.17, 15) is 4.79 Å². The van der Waals surface area contributed by atoms with Gasteiger partial charge in [0.05, 0.1) is 6.04 Å². The van der Waals surface area contributed by atoms with Crippen LogP contribution in [-0.2, 0) is 0 Å². The smallest absolute Gasteiger partial charge is 0.391 e. The van der Waals surface area contributed by atoms with Crippen molar-refractivity contribution in [1.29, 1.82) is 0 Å². The first-order valence-corrected chi connectivity index (χ1v) is 3.65. The van der Waals surface area contributed by atoms with Crippen molar-refractivity contribution in [2.24, 2.45) is 0 Å². The summed E-state index contributed by atoms with van der Waals surface area (Å²) in [5.74, 6) is 0.00111. The Morgan fingerprint density at radius 1 is 1.58 bits per heavy atom. The lowest BCUT2D eigenvalue weighted by atomic mass is 10.2. The largest absolute Gasteiger partial charge is 0.434 e. The topological polar surface area (TPSA) is 70.9 Å². The zero-order valence-corrected chi connectivity index (χ0v) is 7.19. The summed E-state index contributed by atoms with van der Waals surface area (Å²) in [6, 6.07) is 0.133. The van der Waals surface area contributed by atoms with Crippen molar-refractivity contribution in [3.05, 3.63) is 16.4 Å². The van der Waals surface area contributed by atoms with E-state index in [-0.39, 0.29) is 18.4 Å². The maximum absolute atomic E-state index is 10.5. The Kier molecular flexibility index (Phi) is 2.88. The van der Waals surface area contributed by atoms with Gasteiger partial charge in [-0.1, -0.05) is 0 Å². The number of rotatable bonds is 1. The van der Waals surface area contributed by atoms with Gasteiger partial charge in [-0.05, 0) is 19.4 Å². The molecule has 1 saturated heterocycles. The molecule has 5 nitrogen and oxygen atoms in total. The fourth-order valence-electron chi connectivity index (χ4n) is 1.29. The van der Waals surface area contributed by atoms with Gasteiger partial charge < -0.3 is 9.73 Å². The number of aromatic nitrogens is 2. The second-order valence-corrected chi connectivity index (χ2v) is 2.60. The van der Waals surface area contributed by atoms with Crippen LogP contribution in [0.2, 0.25) is 0 Å². The molecule has 0 bridgehead atoms. The zero-order chi connectivity index (χ0) is 7.68. The summed E-state index contributed by atoms with van der Waals surface area (Å²) >= 11 is 0. The second-order valence-electron chi connectivity index (χ2n) is 2.60. The standard InChI is InChI=1S/C6H9N3O2.ClH/c10-6-9-8-5(11-6)4-2-1-3-7-4;/h4,7H,1-3H2,(H,9,10);1H/t4-;/m1./s1. The highest BCUT2D eigenvalue weighted by Crippen LogP contribution is 2.19. The molecule has 68 valence electrons. The van der Waals surface area contributed by atoms with Crippen LogP contribution >= 0.6 is 12.4 Å². The molecule has 0 saturated carbocycles. The van der Waals surface area contributed by atoms with Gasteiger partial charge in [-0.25, -0.2) is 9.89 Å². The monoisotopic (exact) mass is 191 g/mol. The predicted octanol–water partition coefficient (Wildman–Crippen LogP) is 0.209. The maximum atomic E-state index is 10.5. The molecule has 6 heteroatoms. The van der Waals surface area contributed by atoms with Crippen molar-refractivity contribution >= 4 is 12.4 Å². The molecule has 0 aliphatic carbocycles. The van der Waals surface area contributed by atoms with Crippen LogP contribution < -0.4 is 11.1 Å². The molecule has 0 unspecified atom stereocenters. The molecule has 1 aliphatic heterocycles. The first kappa shape index (κ1) is 9.28. The van der Waals surface area contributed by atoms with Gasteiger partial charge in [0.1, 0.15) is 0 Å². The van der Waals surface area contributed by atoms with Crippen LogP contribution in [0.3, 0.4) is 0 Å². The van der Waals surface area contributed by atoms with E-state index in [2.05, 4.69) is 15.5 Å². The number of nitrogens with zero attached hydrogens (tertiary/aromatic N) is 1. The van der Waals surface area contributed by atoms with E-state index in [1.54, 1.807) is 0 Å². The summed E-state index contributed by atoms with van der Waals surface area (Å²) in [6.45, 7) is 0.973. The summed E-state index contributed by atoms with van der Waals surface area (Å²) in [4.78, 5) is 10.5. The molecule has 0 spiro atoms. The van der Waals surface area contributed by atoms with Gasteiger partial charge in [-0.15, -0.1) is 17.5 Å². The Morgan fingerprint density at radius 2 is 2.42 bits per heavy atom. The summed E-state index contributed by atoms with van der Waals surface area (Å²) < 4.78 is 4.78. The van der Waals surface area contributed by atoms with E-state index >= 15 is 0 Å². The number of H-pyrrole nitrogens is 1. The number of aromatic amines is 1. The summed E-state index contributed by atoms with van der Waals surface area (Å²) in [7, 11) is 0. The van der Waals surface area contributed by atoms with E-state index in [1.165, 1.54) is 0 Å². The number of hydrogen-bond donors (Lipinski definition) is 2. The quantitative estimate of drug-likeness (QED) is 0.666. The molecule has 1 fully saturated rings. The molecule has 1 aromatic heterocycles. The fraction of sp³-hybridized carbons (Fsp3) is 0.667. The van der Waals surface area contributed by atoms with E-state index in [0.717, 1.165) is 19.4 Å². The highest BCUT2D eigenvalue weighted by Gasteiger charge is 2.20. The minimum atomic E-state index is -0.478. The molecule has 1 aliphatic rings. The van der Waals surface area contributed by atoms with Crippen molar-refractivity contribution in [1.82, 2.24) is 15.5 Å². The van der Waals surface area contributed by atoms with Gasteiger partial charge >= 0.3 is 5.76 Å². The minimum Gasteiger partial charge on any atom is -0.391 e. The van der Waals surface area contributed by atoms with Crippen molar-refractivity contribution in [2.45, 2.75) is 18.9 Å². The Hall–Kier alpha value is -0.810. The van der Waals surface area contributed by atoms with Crippen molar-refractivity contribution in [2.75, 3.05) is 6.54 Å². The number of hydrogen-bond acceptors (Lipinski definition) is 4. The third kappa shape index (κ3) is 1.67. The third-order valence-electron chi connectivity index (χ3n) is 1.81. The zero-order valence-electron chi connectivity index (χ0n) is 6.37. The van der Waals surface area contributed by atoms with Gasteiger partial charge in [-0.3, -0.25) is 0 Å². The molecule has 2 heterocycles. The fourth-order valence-corrected chi connectivity index (χ4v) is 1.29. The molecule has 2 rings (SSSR count). The highest BCUT2D eigenvalue weighted by atomic mass is 35.5. The van der Waals surface area contributed by atoms with E-state index < -0.39 is 5.76 Å². The average Bonchev–Trinajstić information content (AvgIpc) is 2.55. The van der Waals surface area contributed by atoms with Crippen molar-refractivity contribution in [3.8, 4) is 0 Å². The molecule has 0 aromatic carbocycles. The van der Waals surface area contributed by atoms with Crippen LogP contribution in [0.4, 0.5) is 0 Å². The van der Waals surface area contributed by atoms with Gasteiger partial charge in [0, 0.05) is 0 Å². The van der Waals surface area contributed by atoms with Crippen LogP contribution in [0.5, 0.6) is 0 Å². The lowest BCUT2D eigenvalue weighted by Gasteiger charge is -2.00. The normalized spacial score (nSPS) is 22.2. The maximum Gasteiger partial charge on any atom is 0.434 e. The Morgan fingerprint density at radius 3 is 2.92 bits per heavy atom. The van der Waals surface area contributed by atoms with Crippen molar-refractivity contribution < 1.29 is 4.42 Å². The Labute approximate surface area is 75.0 Å². The number of halogens is 1. The Balaban J connectivity index is 0.000000720. The third-order valence-corrected chi connectivity index (χ3v) is 1.81. The molecule has 0 amide bonds. The summed E-state index contributed by atoms with van der Waals surface area (Å²) in [5, 5.41) is 9.14. The lowest BCUT2D eigenvalue weighted by molar-refractivity contribution is 0.409. The highest BCUT2D eigenvalue weighted by molar-refractivity contribution is 5.85. The summed E-state index contributed by atoms with van der Waals surface area (Å²) in [5.41, 5.74) is 0. The van der Waals surface area contributed by atoms with Gasteiger partial charge in [0.2, 0.25) is 5.89 Å². The summed E-state index contributed by atoms with van der Waals surface area (Å²) in [6.07, 6.45) is 2.11. The first-order chi connectivity index (χ1) is 5.36. The van der Waals surface area contributed by atoms with Crippen LogP contribution in [0.15, 0.2) is 9.21 Å². The van der Waals surface area contributed by atoms with Gasteiger partial charge in [-0.2, -0.15) is 0 Å². The molecule has 1 aromatic rings. The molecule has 0 radical (unpaired) electrons.